The topological polar surface area (TPSA) is 16.4 Å². The normalized spacial score (nSPS) is 11.5. The zero-order chi connectivity index (χ0) is 34.4. The van der Waals surface area contributed by atoms with Gasteiger partial charge < -0.3 is 9.32 Å². The smallest absolute Gasteiger partial charge is 0.136 e. The summed E-state index contributed by atoms with van der Waals surface area (Å²) < 4.78 is 6.23. The number of hydrogen-bond donors (Lipinski definition) is 0. The van der Waals surface area contributed by atoms with Crippen molar-refractivity contribution in [2.75, 3.05) is 4.90 Å². The van der Waals surface area contributed by atoms with Crippen LogP contribution in [0.2, 0.25) is 0 Å². The lowest BCUT2D eigenvalue weighted by atomic mass is 9.97. The lowest BCUT2D eigenvalue weighted by Gasteiger charge is -2.27. The number of hydrogen-bond acceptors (Lipinski definition) is 2. The summed E-state index contributed by atoms with van der Waals surface area (Å²) in [5.74, 6) is 0. The second-order valence-corrected chi connectivity index (χ2v) is 13.4. The molecule has 10 aromatic rings. The van der Waals surface area contributed by atoms with Gasteiger partial charge in [-0.2, -0.15) is 0 Å². The first kappa shape index (κ1) is 30.0. The van der Waals surface area contributed by atoms with E-state index < -0.39 is 0 Å². The Hall–Kier alpha value is -6.90. The molecule has 0 saturated heterocycles. The van der Waals surface area contributed by atoms with E-state index in [9.17, 15) is 0 Å². The quantitative estimate of drug-likeness (QED) is 0.165. The molecule has 2 nitrogen and oxygen atoms in total. The van der Waals surface area contributed by atoms with Gasteiger partial charge in [0, 0.05) is 27.8 Å². The fourth-order valence-corrected chi connectivity index (χ4v) is 7.65. The van der Waals surface area contributed by atoms with Crippen LogP contribution in [0.15, 0.2) is 205 Å². The van der Waals surface area contributed by atoms with Gasteiger partial charge in [-0.3, -0.25) is 0 Å². The van der Waals surface area contributed by atoms with Crippen molar-refractivity contribution in [3.05, 3.63) is 200 Å². The molecule has 244 valence electrons. The SMILES string of the molecule is c1ccc(-c2cccc(-c3cccc(N(c4cccc(-c5ccccc5)c4)c4ccc5c(ccc6cc7oc8ccccc8c7cc65)c4)c3)c2)cc1. The van der Waals surface area contributed by atoms with Crippen LogP contribution in [0.3, 0.4) is 0 Å². The van der Waals surface area contributed by atoms with Crippen molar-refractivity contribution in [2.24, 2.45) is 0 Å². The van der Waals surface area contributed by atoms with Crippen LogP contribution >= 0.6 is 0 Å². The Morgan fingerprint density at radius 2 is 0.788 bits per heavy atom. The Morgan fingerprint density at radius 3 is 1.48 bits per heavy atom. The van der Waals surface area contributed by atoms with E-state index in [0.717, 1.165) is 39.0 Å². The summed E-state index contributed by atoms with van der Waals surface area (Å²) in [5.41, 5.74) is 12.3. The molecule has 0 fully saturated rings. The zero-order valence-electron chi connectivity index (χ0n) is 28.4. The fraction of sp³-hybridized carbons (Fsp3) is 0. The minimum absolute atomic E-state index is 0.918. The molecule has 0 saturated carbocycles. The van der Waals surface area contributed by atoms with Crippen molar-refractivity contribution in [2.45, 2.75) is 0 Å². The highest BCUT2D eigenvalue weighted by Gasteiger charge is 2.17. The van der Waals surface area contributed by atoms with Crippen molar-refractivity contribution in [3.8, 4) is 33.4 Å². The molecule has 0 unspecified atom stereocenters. The van der Waals surface area contributed by atoms with Crippen LogP contribution in [-0.4, -0.2) is 0 Å². The van der Waals surface area contributed by atoms with Crippen LogP contribution < -0.4 is 4.90 Å². The molecule has 2 heteroatoms. The summed E-state index contributed by atoms with van der Waals surface area (Å²) in [6, 6.07) is 71.9. The van der Waals surface area contributed by atoms with Crippen molar-refractivity contribution in [1.29, 1.82) is 0 Å². The molecule has 0 aliphatic rings. The highest BCUT2D eigenvalue weighted by molar-refractivity contribution is 6.16. The standard InChI is InChI=1S/C50H33NO/c1-3-12-34(13-4-1)36-16-9-17-37(28-36)39-19-11-21-43(30-39)51(42-20-10-18-38(29-42)35-14-5-2-6-15-35)44-26-27-45-40(31-44)24-25-41-32-50-48(33-47(41)45)46-22-7-8-23-49(46)52-50/h1-33H. The molecule has 0 N–H and O–H groups in total. The molecule has 0 aliphatic carbocycles. The first-order valence-corrected chi connectivity index (χ1v) is 17.7. The molecular formula is C50H33NO. The maximum Gasteiger partial charge on any atom is 0.136 e. The first-order valence-electron chi connectivity index (χ1n) is 17.7. The molecule has 0 bridgehead atoms. The second kappa shape index (κ2) is 12.5. The van der Waals surface area contributed by atoms with Gasteiger partial charge in [0.2, 0.25) is 0 Å². The van der Waals surface area contributed by atoms with Gasteiger partial charge >= 0.3 is 0 Å². The van der Waals surface area contributed by atoms with Gasteiger partial charge in [-0.05, 0) is 116 Å². The van der Waals surface area contributed by atoms with E-state index in [1.807, 2.05) is 12.1 Å². The van der Waals surface area contributed by atoms with Crippen LogP contribution in [0.4, 0.5) is 17.1 Å². The summed E-state index contributed by atoms with van der Waals surface area (Å²) in [4.78, 5) is 2.38. The van der Waals surface area contributed by atoms with Crippen molar-refractivity contribution in [1.82, 2.24) is 0 Å². The van der Waals surface area contributed by atoms with Gasteiger partial charge in [0.25, 0.3) is 0 Å². The van der Waals surface area contributed by atoms with Crippen molar-refractivity contribution < 1.29 is 4.42 Å². The fourth-order valence-electron chi connectivity index (χ4n) is 7.65. The number of nitrogens with zero attached hydrogens (tertiary/aromatic N) is 1. The maximum atomic E-state index is 6.23. The summed E-state index contributed by atoms with van der Waals surface area (Å²) in [6.07, 6.45) is 0. The van der Waals surface area contributed by atoms with Gasteiger partial charge in [-0.15, -0.1) is 0 Å². The molecular weight excluding hydrogens is 631 g/mol. The van der Waals surface area contributed by atoms with Gasteiger partial charge in [0.1, 0.15) is 11.2 Å². The highest BCUT2D eigenvalue weighted by atomic mass is 16.3. The molecule has 1 aromatic heterocycles. The van der Waals surface area contributed by atoms with Gasteiger partial charge in [-0.25, -0.2) is 0 Å². The largest absolute Gasteiger partial charge is 0.456 e. The van der Waals surface area contributed by atoms with Crippen LogP contribution in [-0.2, 0) is 0 Å². The van der Waals surface area contributed by atoms with E-state index in [4.69, 9.17) is 4.42 Å². The van der Waals surface area contributed by atoms with E-state index in [2.05, 4.69) is 193 Å². The van der Waals surface area contributed by atoms with Crippen molar-refractivity contribution >= 4 is 60.5 Å². The van der Waals surface area contributed by atoms with Gasteiger partial charge in [0.15, 0.2) is 0 Å². The predicted molar refractivity (Wildman–Crippen MR) is 220 cm³/mol. The summed E-state index contributed by atoms with van der Waals surface area (Å²) >= 11 is 0. The van der Waals surface area contributed by atoms with E-state index in [1.54, 1.807) is 0 Å². The van der Waals surface area contributed by atoms with Crippen LogP contribution in [0.25, 0.3) is 76.9 Å². The lowest BCUT2D eigenvalue weighted by molar-refractivity contribution is 0.669. The lowest BCUT2D eigenvalue weighted by Crippen LogP contribution is -2.10. The van der Waals surface area contributed by atoms with Crippen LogP contribution in [0.1, 0.15) is 0 Å². The Balaban J connectivity index is 1.13. The summed E-state index contributed by atoms with van der Waals surface area (Å²) in [5, 5.41) is 7.09. The third-order valence-electron chi connectivity index (χ3n) is 10.2. The number of anilines is 3. The third-order valence-corrected chi connectivity index (χ3v) is 10.2. The number of para-hydroxylation sites is 1. The van der Waals surface area contributed by atoms with Gasteiger partial charge in [-0.1, -0.05) is 140 Å². The number of rotatable bonds is 6. The molecule has 0 atom stereocenters. The minimum Gasteiger partial charge on any atom is -0.456 e. The average Bonchev–Trinajstić information content (AvgIpc) is 3.58. The molecule has 0 radical (unpaired) electrons. The van der Waals surface area contributed by atoms with Crippen LogP contribution in [0, 0.1) is 0 Å². The molecule has 0 spiro atoms. The summed E-state index contributed by atoms with van der Waals surface area (Å²) in [7, 11) is 0. The van der Waals surface area contributed by atoms with E-state index in [0.29, 0.717) is 0 Å². The zero-order valence-corrected chi connectivity index (χ0v) is 28.4. The minimum atomic E-state index is 0.918. The monoisotopic (exact) mass is 663 g/mol. The molecule has 10 rings (SSSR count). The van der Waals surface area contributed by atoms with E-state index >= 15 is 0 Å². The number of fused-ring (bicyclic) bond motifs is 6. The number of benzene rings is 9. The average molecular weight is 664 g/mol. The Labute approximate surface area is 302 Å². The Bertz CT molecular complexity index is 2910. The Kier molecular flexibility index (Phi) is 7.18. The number of furan rings is 1. The maximum absolute atomic E-state index is 6.23. The first-order chi connectivity index (χ1) is 25.7. The van der Waals surface area contributed by atoms with Gasteiger partial charge in [0.05, 0.1) is 0 Å². The molecule has 52 heavy (non-hydrogen) atoms. The molecule has 0 aliphatic heterocycles. The molecule has 0 amide bonds. The summed E-state index contributed by atoms with van der Waals surface area (Å²) in [6.45, 7) is 0. The Morgan fingerprint density at radius 1 is 0.269 bits per heavy atom. The molecule has 1 heterocycles. The molecule has 9 aromatic carbocycles. The third kappa shape index (κ3) is 5.30. The van der Waals surface area contributed by atoms with E-state index in [1.165, 1.54) is 54.9 Å². The van der Waals surface area contributed by atoms with Crippen molar-refractivity contribution in [3.63, 3.8) is 0 Å². The second-order valence-electron chi connectivity index (χ2n) is 13.4. The highest BCUT2D eigenvalue weighted by Crippen LogP contribution is 2.41. The predicted octanol–water partition coefficient (Wildman–Crippen LogP) is 14.4. The van der Waals surface area contributed by atoms with E-state index in [-0.39, 0.29) is 0 Å². The van der Waals surface area contributed by atoms with Crippen LogP contribution in [0.5, 0.6) is 0 Å².